The number of unbranched alkanes of at least 4 members (excludes halogenated alkanes) is 1. The van der Waals surface area contributed by atoms with Crippen LogP contribution in [0.2, 0.25) is 0 Å². The molecule has 176 valence electrons. The first-order chi connectivity index (χ1) is 16.1. The minimum Gasteiger partial charge on any atom is -0.497 e. The van der Waals surface area contributed by atoms with Gasteiger partial charge in [0.25, 0.3) is 0 Å². The number of hydrogen-bond donors (Lipinski definition) is 0. The highest BCUT2D eigenvalue weighted by molar-refractivity contribution is 5.81. The molecule has 6 nitrogen and oxygen atoms in total. The summed E-state index contributed by atoms with van der Waals surface area (Å²) < 4.78 is 21.7. The third kappa shape index (κ3) is 7.75. The van der Waals surface area contributed by atoms with Crippen molar-refractivity contribution in [3.8, 4) is 22.6 Å². The van der Waals surface area contributed by atoms with Crippen molar-refractivity contribution in [3.63, 3.8) is 0 Å². The molecule has 0 atom stereocenters. The number of esters is 2. The highest BCUT2D eigenvalue weighted by Crippen LogP contribution is 2.29. The summed E-state index contributed by atoms with van der Waals surface area (Å²) in [7, 11) is 1.65. The lowest BCUT2D eigenvalue weighted by atomic mass is 9.87. The number of hydrogen-bond acceptors (Lipinski definition) is 6. The van der Waals surface area contributed by atoms with Gasteiger partial charge in [-0.3, -0.25) is 4.79 Å². The van der Waals surface area contributed by atoms with Crippen molar-refractivity contribution in [2.75, 3.05) is 20.3 Å². The molecule has 0 heterocycles. The van der Waals surface area contributed by atoms with Crippen LogP contribution in [-0.2, 0) is 19.1 Å². The Morgan fingerprint density at radius 1 is 0.879 bits per heavy atom. The molecule has 6 heteroatoms. The lowest BCUT2D eigenvalue weighted by molar-refractivity contribution is -0.141. The highest BCUT2D eigenvalue weighted by atomic mass is 16.5. The predicted octanol–water partition coefficient (Wildman–Crippen LogP) is 5.35. The summed E-state index contributed by atoms with van der Waals surface area (Å²) in [5.74, 6) is 0.720. The van der Waals surface area contributed by atoms with Crippen LogP contribution in [0.1, 0.15) is 38.5 Å². The van der Waals surface area contributed by atoms with E-state index in [2.05, 4.69) is 6.58 Å². The maximum absolute atomic E-state index is 12.6. The van der Waals surface area contributed by atoms with Gasteiger partial charge in [-0.25, -0.2) is 4.79 Å². The van der Waals surface area contributed by atoms with Crippen molar-refractivity contribution in [1.29, 1.82) is 0 Å². The van der Waals surface area contributed by atoms with E-state index in [1.807, 2.05) is 48.5 Å². The number of benzene rings is 2. The fourth-order valence-electron chi connectivity index (χ4n) is 3.85. The second kappa shape index (κ2) is 12.8. The molecule has 0 amide bonds. The van der Waals surface area contributed by atoms with Gasteiger partial charge in [-0.1, -0.05) is 30.8 Å². The van der Waals surface area contributed by atoms with Crippen LogP contribution in [0.25, 0.3) is 11.1 Å². The van der Waals surface area contributed by atoms with E-state index in [-0.39, 0.29) is 18.0 Å². The van der Waals surface area contributed by atoms with Crippen LogP contribution in [0.4, 0.5) is 0 Å². The monoisotopic (exact) mass is 452 g/mol. The van der Waals surface area contributed by atoms with Crippen molar-refractivity contribution < 1.29 is 28.5 Å². The molecule has 1 aliphatic carbocycles. The minimum absolute atomic E-state index is 0.0931. The zero-order chi connectivity index (χ0) is 23.5. The average molecular weight is 453 g/mol. The SMILES string of the molecule is C=CC(=O)OCCCCOC1CCC(C(=O)Oc2ccc(-c3ccc(OC)cc3)cc2)CC1. The third-order valence-corrected chi connectivity index (χ3v) is 5.81. The summed E-state index contributed by atoms with van der Waals surface area (Å²) in [6.07, 6.45) is 6.17. The van der Waals surface area contributed by atoms with Crippen LogP contribution in [-0.4, -0.2) is 38.4 Å². The number of methoxy groups -OCH3 is 1. The Morgan fingerprint density at radius 3 is 2.03 bits per heavy atom. The van der Waals surface area contributed by atoms with E-state index >= 15 is 0 Å². The molecule has 1 aliphatic rings. The van der Waals surface area contributed by atoms with Gasteiger partial charge in [0, 0.05) is 12.7 Å². The van der Waals surface area contributed by atoms with Gasteiger partial charge < -0.3 is 18.9 Å². The van der Waals surface area contributed by atoms with E-state index in [1.165, 1.54) is 0 Å². The van der Waals surface area contributed by atoms with Gasteiger partial charge in [0.1, 0.15) is 11.5 Å². The van der Waals surface area contributed by atoms with Gasteiger partial charge in [-0.2, -0.15) is 0 Å². The van der Waals surface area contributed by atoms with E-state index in [4.69, 9.17) is 18.9 Å². The molecule has 2 aromatic carbocycles. The van der Waals surface area contributed by atoms with E-state index in [1.54, 1.807) is 7.11 Å². The number of carbonyl (C=O) groups excluding carboxylic acids is 2. The molecule has 0 aromatic heterocycles. The Balaban J connectivity index is 1.36. The molecule has 0 spiro atoms. The molecule has 0 unspecified atom stereocenters. The first-order valence-electron chi connectivity index (χ1n) is 11.5. The molecule has 3 rings (SSSR count). The maximum Gasteiger partial charge on any atom is 0.330 e. The summed E-state index contributed by atoms with van der Waals surface area (Å²) in [6.45, 7) is 4.38. The van der Waals surface area contributed by atoms with Crippen LogP contribution in [0.5, 0.6) is 11.5 Å². The fraction of sp³-hybridized carbons (Fsp3) is 0.407. The standard InChI is InChI=1S/C27H32O6/c1-3-26(28)32-19-5-4-18-31-24-14-10-22(11-15-24)27(29)33-25-16-8-21(9-17-25)20-6-12-23(30-2)13-7-20/h3,6-9,12-13,16-17,22,24H,1,4-5,10-11,14-15,18-19H2,2H3. The smallest absolute Gasteiger partial charge is 0.330 e. The van der Waals surface area contributed by atoms with Crippen LogP contribution < -0.4 is 9.47 Å². The maximum atomic E-state index is 12.6. The van der Waals surface area contributed by atoms with Crippen LogP contribution in [0, 0.1) is 5.92 Å². The summed E-state index contributed by atoms with van der Waals surface area (Å²) in [4.78, 5) is 23.6. The molecular weight excluding hydrogens is 420 g/mol. The molecule has 1 saturated carbocycles. The molecule has 0 saturated heterocycles. The fourth-order valence-corrected chi connectivity index (χ4v) is 3.85. The van der Waals surface area contributed by atoms with E-state index in [0.29, 0.717) is 19.0 Å². The first kappa shape index (κ1) is 24.5. The Hall–Kier alpha value is -3.12. The zero-order valence-electron chi connectivity index (χ0n) is 19.2. The van der Waals surface area contributed by atoms with E-state index < -0.39 is 5.97 Å². The average Bonchev–Trinajstić information content (AvgIpc) is 2.86. The predicted molar refractivity (Wildman–Crippen MR) is 126 cm³/mol. The number of rotatable bonds is 11. The quantitative estimate of drug-likeness (QED) is 0.198. The van der Waals surface area contributed by atoms with Crippen molar-refractivity contribution in [3.05, 3.63) is 61.2 Å². The lowest BCUT2D eigenvalue weighted by Crippen LogP contribution is -2.29. The minimum atomic E-state index is -0.394. The molecule has 0 aliphatic heterocycles. The van der Waals surface area contributed by atoms with Gasteiger partial charge in [0.2, 0.25) is 0 Å². The first-order valence-corrected chi connectivity index (χ1v) is 11.5. The summed E-state index contributed by atoms with van der Waals surface area (Å²) >= 11 is 0. The molecule has 2 aromatic rings. The van der Waals surface area contributed by atoms with E-state index in [9.17, 15) is 9.59 Å². The van der Waals surface area contributed by atoms with Crippen LogP contribution in [0.3, 0.4) is 0 Å². The molecule has 0 radical (unpaired) electrons. The van der Waals surface area contributed by atoms with Crippen molar-refractivity contribution in [2.45, 2.75) is 44.6 Å². The second-order valence-electron chi connectivity index (χ2n) is 8.10. The van der Waals surface area contributed by atoms with Gasteiger partial charge in [-0.05, 0) is 73.9 Å². The lowest BCUT2D eigenvalue weighted by Gasteiger charge is -2.27. The topological polar surface area (TPSA) is 71.1 Å². The number of ether oxygens (including phenoxy) is 4. The molecule has 33 heavy (non-hydrogen) atoms. The van der Waals surface area contributed by atoms with Crippen LogP contribution >= 0.6 is 0 Å². The Bertz CT molecular complexity index is 895. The van der Waals surface area contributed by atoms with Crippen molar-refractivity contribution in [1.82, 2.24) is 0 Å². The second-order valence-corrected chi connectivity index (χ2v) is 8.10. The molecule has 0 bridgehead atoms. The Kier molecular flexibility index (Phi) is 9.51. The zero-order valence-corrected chi connectivity index (χ0v) is 19.2. The summed E-state index contributed by atoms with van der Waals surface area (Å²) in [5, 5.41) is 0. The number of carbonyl (C=O) groups is 2. The van der Waals surface area contributed by atoms with Crippen LogP contribution in [0.15, 0.2) is 61.2 Å². The molecule has 1 fully saturated rings. The largest absolute Gasteiger partial charge is 0.497 e. The van der Waals surface area contributed by atoms with Crippen molar-refractivity contribution in [2.24, 2.45) is 5.92 Å². The van der Waals surface area contributed by atoms with Crippen molar-refractivity contribution >= 4 is 11.9 Å². The molecule has 0 N–H and O–H groups in total. The van der Waals surface area contributed by atoms with Gasteiger partial charge in [0.05, 0.1) is 25.7 Å². The Labute approximate surface area is 195 Å². The Morgan fingerprint density at radius 2 is 1.45 bits per heavy atom. The highest BCUT2D eigenvalue weighted by Gasteiger charge is 2.28. The summed E-state index contributed by atoms with van der Waals surface area (Å²) in [5.41, 5.74) is 2.12. The van der Waals surface area contributed by atoms with E-state index in [0.717, 1.165) is 61.5 Å². The third-order valence-electron chi connectivity index (χ3n) is 5.81. The summed E-state index contributed by atoms with van der Waals surface area (Å²) in [6, 6.07) is 15.4. The normalized spacial score (nSPS) is 17.7. The van der Waals surface area contributed by atoms with Gasteiger partial charge in [-0.15, -0.1) is 0 Å². The molecular formula is C27H32O6. The van der Waals surface area contributed by atoms with Gasteiger partial charge >= 0.3 is 11.9 Å². The van der Waals surface area contributed by atoms with Gasteiger partial charge in [0.15, 0.2) is 0 Å².